The molecule has 160 valence electrons. The lowest BCUT2D eigenvalue weighted by Crippen LogP contribution is -2.33. The number of carbonyl (C=O) groups is 2. The SMILES string of the molecule is COc1ccc(-n2nnnc2CNC(=O)C2CC(=O)N(c3cccc(OC)c3)C2)cc1. The number of hydrogen-bond donors (Lipinski definition) is 1. The zero-order valence-corrected chi connectivity index (χ0v) is 17.2. The number of amides is 2. The van der Waals surface area contributed by atoms with Crippen molar-refractivity contribution in [3.05, 3.63) is 54.4 Å². The molecule has 1 fully saturated rings. The van der Waals surface area contributed by atoms with Crippen molar-refractivity contribution in [3.63, 3.8) is 0 Å². The van der Waals surface area contributed by atoms with E-state index in [4.69, 9.17) is 9.47 Å². The molecule has 10 nitrogen and oxygen atoms in total. The molecule has 2 aromatic carbocycles. The van der Waals surface area contributed by atoms with Gasteiger partial charge in [0.15, 0.2) is 5.82 Å². The molecular formula is C21H22N6O4. The highest BCUT2D eigenvalue weighted by atomic mass is 16.5. The molecule has 31 heavy (non-hydrogen) atoms. The van der Waals surface area contributed by atoms with Crippen LogP contribution in [-0.4, -0.2) is 52.8 Å². The molecular weight excluding hydrogens is 400 g/mol. The molecule has 0 radical (unpaired) electrons. The lowest BCUT2D eigenvalue weighted by Gasteiger charge is -2.17. The number of benzene rings is 2. The molecule has 1 aliphatic heterocycles. The Hall–Kier alpha value is -3.95. The van der Waals surface area contributed by atoms with Gasteiger partial charge in [-0.25, -0.2) is 0 Å². The van der Waals surface area contributed by atoms with E-state index in [-0.39, 0.29) is 24.8 Å². The number of tetrazole rings is 1. The van der Waals surface area contributed by atoms with Gasteiger partial charge in [0.2, 0.25) is 11.8 Å². The lowest BCUT2D eigenvalue weighted by atomic mass is 10.1. The molecule has 0 bridgehead atoms. The molecule has 1 aliphatic rings. The van der Waals surface area contributed by atoms with Gasteiger partial charge in [0, 0.05) is 24.7 Å². The fourth-order valence-electron chi connectivity index (χ4n) is 3.46. The highest BCUT2D eigenvalue weighted by molar-refractivity contribution is 6.00. The maximum absolute atomic E-state index is 12.7. The second-order valence-corrected chi connectivity index (χ2v) is 7.03. The van der Waals surface area contributed by atoms with Crippen LogP contribution in [0, 0.1) is 5.92 Å². The summed E-state index contributed by atoms with van der Waals surface area (Å²) in [5.41, 5.74) is 1.46. The Bertz CT molecular complexity index is 1080. The van der Waals surface area contributed by atoms with Gasteiger partial charge in [0.1, 0.15) is 11.5 Å². The summed E-state index contributed by atoms with van der Waals surface area (Å²) in [4.78, 5) is 26.8. The topological polar surface area (TPSA) is 111 Å². The van der Waals surface area contributed by atoms with E-state index in [9.17, 15) is 9.59 Å². The molecule has 1 saturated heterocycles. The first kappa shape index (κ1) is 20.3. The van der Waals surface area contributed by atoms with Crippen LogP contribution < -0.4 is 19.7 Å². The minimum atomic E-state index is -0.455. The first-order valence-corrected chi connectivity index (χ1v) is 9.73. The largest absolute Gasteiger partial charge is 0.497 e. The van der Waals surface area contributed by atoms with Crippen LogP contribution in [0.15, 0.2) is 48.5 Å². The summed E-state index contributed by atoms with van der Waals surface area (Å²) < 4.78 is 11.9. The van der Waals surface area contributed by atoms with Crippen molar-refractivity contribution in [1.82, 2.24) is 25.5 Å². The Kier molecular flexibility index (Phi) is 5.78. The Morgan fingerprint density at radius 3 is 2.61 bits per heavy atom. The molecule has 3 aromatic rings. The first-order valence-electron chi connectivity index (χ1n) is 9.73. The monoisotopic (exact) mass is 422 g/mol. The van der Waals surface area contributed by atoms with Crippen molar-refractivity contribution in [2.75, 3.05) is 25.7 Å². The summed E-state index contributed by atoms with van der Waals surface area (Å²) in [6, 6.07) is 14.5. The lowest BCUT2D eigenvalue weighted by molar-refractivity contribution is -0.126. The third-order valence-electron chi connectivity index (χ3n) is 5.13. The first-order chi connectivity index (χ1) is 15.1. The Morgan fingerprint density at radius 2 is 1.87 bits per heavy atom. The van der Waals surface area contributed by atoms with Crippen molar-refractivity contribution in [1.29, 1.82) is 0 Å². The van der Waals surface area contributed by atoms with Crippen LogP contribution in [0.1, 0.15) is 12.2 Å². The van der Waals surface area contributed by atoms with Gasteiger partial charge < -0.3 is 19.7 Å². The van der Waals surface area contributed by atoms with Crippen LogP contribution in [-0.2, 0) is 16.1 Å². The van der Waals surface area contributed by atoms with Gasteiger partial charge in [-0.15, -0.1) is 5.10 Å². The van der Waals surface area contributed by atoms with Gasteiger partial charge in [-0.1, -0.05) is 6.07 Å². The number of rotatable bonds is 7. The molecule has 1 unspecified atom stereocenters. The smallest absolute Gasteiger partial charge is 0.227 e. The minimum absolute atomic E-state index is 0.100. The summed E-state index contributed by atoms with van der Waals surface area (Å²) in [7, 11) is 3.16. The van der Waals surface area contributed by atoms with Crippen molar-refractivity contribution in [2.45, 2.75) is 13.0 Å². The summed E-state index contributed by atoms with van der Waals surface area (Å²) in [5.74, 6) is 1.08. The van der Waals surface area contributed by atoms with Crippen LogP contribution in [0.25, 0.3) is 5.69 Å². The number of aromatic nitrogens is 4. The van der Waals surface area contributed by atoms with E-state index < -0.39 is 5.92 Å². The molecule has 4 rings (SSSR count). The number of anilines is 1. The molecule has 1 N–H and O–H groups in total. The fourth-order valence-corrected chi connectivity index (χ4v) is 3.46. The average molecular weight is 422 g/mol. The molecule has 0 aliphatic carbocycles. The molecule has 10 heteroatoms. The third-order valence-corrected chi connectivity index (χ3v) is 5.13. The van der Waals surface area contributed by atoms with Gasteiger partial charge >= 0.3 is 0 Å². The third kappa shape index (κ3) is 4.32. The summed E-state index contributed by atoms with van der Waals surface area (Å²) >= 11 is 0. The van der Waals surface area contributed by atoms with Crippen LogP contribution in [0.5, 0.6) is 11.5 Å². The van der Waals surface area contributed by atoms with E-state index >= 15 is 0 Å². The molecule has 0 saturated carbocycles. The number of carbonyl (C=O) groups excluding carboxylic acids is 2. The fraction of sp³-hybridized carbons (Fsp3) is 0.286. The Balaban J connectivity index is 1.40. The Labute approximate surface area is 178 Å². The van der Waals surface area contributed by atoms with Crippen molar-refractivity contribution in [3.8, 4) is 17.2 Å². The molecule has 1 atom stereocenters. The van der Waals surface area contributed by atoms with Crippen LogP contribution in [0.2, 0.25) is 0 Å². The molecule has 0 spiro atoms. The van der Waals surface area contributed by atoms with Gasteiger partial charge in [-0.05, 0) is 46.8 Å². The Morgan fingerprint density at radius 1 is 1.10 bits per heavy atom. The highest BCUT2D eigenvalue weighted by Crippen LogP contribution is 2.28. The zero-order chi connectivity index (χ0) is 21.8. The van der Waals surface area contributed by atoms with E-state index in [0.29, 0.717) is 23.8 Å². The average Bonchev–Trinajstić information content (AvgIpc) is 3.44. The summed E-state index contributed by atoms with van der Waals surface area (Å²) in [6.45, 7) is 0.447. The minimum Gasteiger partial charge on any atom is -0.497 e. The van der Waals surface area contributed by atoms with E-state index in [1.807, 2.05) is 24.3 Å². The number of ether oxygens (including phenoxy) is 2. The predicted molar refractivity (Wildman–Crippen MR) is 111 cm³/mol. The standard InChI is InChI=1S/C21H22N6O4/c1-30-17-8-6-15(7-9-17)27-19(23-24-25-27)12-22-21(29)14-10-20(28)26(13-14)16-4-3-5-18(11-16)31-2/h3-9,11,14H,10,12-13H2,1-2H3,(H,22,29). The van der Waals surface area contributed by atoms with E-state index in [1.165, 1.54) is 0 Å². The van der Waals surface area contributed by atoms with E-state index in [2.05, 4.69) is 20.8 Å². The number of hydrogen-bond acceptors (Lipinski definition) is 7. The van der Waals surface area contributed by atoms with Crippen molar-refractivity contribution in [2.24, 2.45) is 5.92 Å². The quantitative estimate of drug-likeness (QED) is 0.612. The van der Waals surface area contributed by atoms with Crippen molar-refractivity contribution >= 4 is 17.5 Å². The van der Waals surface area contributed by atoms with E-state index in [1.54, 1.807) is 48.1 Å². The normalized spacial score (nSPS) is 15.7. The maximum atomic E-state index is 12.7. The second-order valence-electron chi connectivity index (χ2n) is 7.03. The highest BCUT2D eigenvalue weighted by Gasteiger charge is 2.35. The number of nitrogens with one attached hydrogen (secondary N) is 1. The summed E-state index contributed by atoms with van der Waals surface area (Å²) in [5, 5.41) is 14.5. The number of nitrogens with zero attached hydrogens (tertiary/aromatic N) is 5. The van der Waals surface area contributed by atoms with Crippen LogP contribution >= 0.6 is 0 Å². The van der Waals surface area contributed by atoms with Gasteiger partial charge in [0.25, 0.3) is 0 Å². The molecule has 2 amide bonds. The predicted octanol–water partition coefficient (Wildman–Crippen LogP) is 1.35. The van der Waals surface area contributed by atoms with Crippen LogP contribution in [0.3, 0.4) is 0 Å². The summed E-state index contributed by atoms with van der Waals surface area (Å²) in [6.07, 6.45) is 0.145. The zero-order valence-electron chi connectivity index (χ0n) is 17.2. The molecule has 2 heterocycles. The number of methoxy groups -OCH3 is 2. The van der Waals surface area contributed by atoms with E-state index in [0.717, 1.165) is 11.4 Å². The second kappa shape index (κ2) is 8.82. The molecule has 1 aromatic heterocycles. The van der Waals surface area contributed by atoms with Crippen molar-refractivity contribution < 1.29 is 19.1 Å². The van der Waals surface area contributed by atoms with Gasteiger partial charge in [0.05, 0.1) is 32.4 Å². The van der Waals surface area contributed by atoms with Gasteiger partial charge in [-0.3, -0.25) is 9.59 Å². The van der Waals surface area contributed by atoms with Gasteiger partial charge in [-0.2, -0.15) is 4.68 Å². The maximum Gasteiger partial charge on any atom is 0.227 e. The van der Waals surface area contributed by atoms with Crippen LogP contribution in [0.4, 0.5) is 5.69 Å².